The lowest BCUT2D eigenvalue weighted by molar-refractivity contribution is -0.134. The van der Waals surface area contributed by atoms with Crippen LogP contribution in [0.4, 0.5) is 16.1 Å². The monoisotopic (exact) mass is 542 g/mol. The first kappa shape index (κ1) is 29.3. The van der Waals surface area contributed by atoms with Gasteiger partial charge in [0.1, 0.15) is 5.56 Å². The summed E-state index contributed by atoms with van der Waals surface area (Å²) in [6.45, 7) is 8.82. The Labute approximate surface area is 226 Å². The Morgan fingerprint density at radius 2 is 1.85 bits per heavy atom. The molecule has 12 heteroatoms. The number of methoxy groups -OCH3 is 2. The highest BCUT2D eigenvalue weighted by Gasteiger charge is 2.34. The van der Waals surface area contributed by atoms with Gasteiger partial charge in [0, 0.05) is 30.3 Å². The molecule has 0 aliphatic carbocycles. The van der Waals surface area contributed by atoms with Crippen LogP contribution in [-0.2, 0) is 9.59 Å². The summed E-state index contributed by atoms with van der Waals surface area (Å²) >= 11 is 0. The summed E-state index contributed by atoms with van der Waals surface area (Å²) in [7, 11) is 2.96. The standard InChI is InChI=1S/C16H19FN2O3.C9H10N4O2.C2H6/c1-9-7-8-19(9)12-5-3-10(14(17)15(12)22-2)11-4-6-13(20)18-16(11)21;1-5-3-4-6(7(11-5)14-2)8-12-13-9(10)15-8;1-2/h3,5,9,11H,4,6-8H2,1-2H3,(H,18,20,21);3-4H,1-2H3,(H2,10,13);1-2H3. The Balaban J connectivity index is 0.000000216. The van der Waals surface area contributed by atoms with Crippen LogP contribution in [0.5, 0.6) is 11.6 Å². The van der Waals surface area contributed by atoms with E-state index < -0.39 is 17.6 Å². The predicted octanol–water partition coefficient (Wildman–Crippen LogP) is 4.01. The molecule has 5 rings (SSSR count). The molecule has 11 nitrogen and oxygen atoms in total. The lowest BCUT2D eigenvalue weighted by Crippen LogP contribution is -2.46. The number of nitrogens with zero attached hydrogens (tertiary/aromatic N) is 4. The third-order valence-corrected chi connectivity index (χ3v) is 6.42. The summed E-state index contributed by atoms with van der Waals surface area (Å²) in [5.74, 6) is -0.978. The van der Waals surface area contributed by atoms with E-state index in [2.05, 4.69) is 32.3 Å². The van der Waals surface area contributed by atoms with Crippen molar-refractivity contribution in [1.82, 2.24) is 20.5 Å². The molecule has 1 aromatic carbocycles. The lowest BCUT2D eigenvalue weighted by Gasteiger charge is -2.41. The first-order valence-corrected chi connectivity index (χ1v) is 12.8. The molecule has 39 heavy (non-hydrogen) atoms. The summed E-state index contributed by atoms with van der Waals surface area (Å²) in [5, 5.41) is 9.59. The van der Waals surface area contributed by atoms with Crippen LogP contribution in [0.2, 0.25) is 0 Å². The first-order valence-electron chi connectivity index (χ1n) is 12.8. The number of benzene rings is 1. The Hall–Kier alpha value is -4.22. The zero-order valence-corrected chi connectivity index (χ0v) is 23.1. The number of nitrogen functional groups attached to an aromatic ring is 1. The highest BCUT2D eigenvalue weighted by atomic mass is 19.1. The largest absolute Gasteiger partial charge is 0.492 e. The van der Waals surface area contributed by atoms with E-state index >= 15 is 0 Å². The van der Waals surface area contributed by atoms with Crippen molar-refractivity contribution < 1.29 is 27.9 Å². The van der Waals surface area contributed by atoms with Crippen LogP contribution in [0.15, 0.2) is 28.7 Å². The summed E-state index contributed by atoms with van der Waals surface area (Å²) < 4.78 is 30.3. The molecular weight excluding hydrogens is 507 g/mol. The fourth-order valence-corrected chi connectivity index (χ4v) is 4.31. The molecule has 3 N–H and O–H groups in total. The van der Waals surface area contributed by atoms with Gasteiger partial charge in [-0.05, 0) is 44.9 Å². The van der Waals surface area contributed by atoms with Crippen molar-refractivity contribution in [3.05, 3.63) is 41.3 Å². The number of anilines is 2. The molecule has 2 aliphatic rings. The molecule has 2 saturated heterocycles. The number of aromatic nitrogens is 3. The molecule has 0 radical (unpaired) electrons. The molecule has 210 valence electrons. The van der Waals surface area contributed by atoms with E-state index in [4.69, 9.17) is 19.6 Å². The fraction of sp³-hybridized carbons (Fsp3) is 0.444. The van der Waals surface area contributed by atoms with Gasteiger partial charge in [0.15, 0.2) is 11.6 Å². The molecule has 2 amide bonds. The zero-order valence-electron chi connectivity index (χ0n) is 23.1. The average molecular weight is 543 g/mol. The van der Waals surface area contributed by atoms with E-state index in [1.165, 1.54) is 14.2 Å². The summed E-state index contributed by atoms with van der Waals surface area (Å²) in [5.41, 5.74) is 7.83. The maximum atomic E-state index is 14.8. The molecule has 0 bridgehead atoms. The molecule has 0 spiro atoms. The highest BCUT2D eigenvalue weighted by molar-refractivity contribution is 6.01. The number of hydrogen-bond donors (Lipinski definition) is 2. The summed E-state index contributed by atoms with van der Waals surface area (Å²) in [6, 6.07) is 7.45. The molecule has 2 aliphatic heterocycles. The van der Waals surface area contributed by atoms with Crippen molar-refractivity contribution in [2.75, 3.05) is 31.4 Å². The van der Waals surface area contributed by atoms with Gasteiger partial charge < -0.3 is 24.5 Å². The van der Waals surface area contributed by atoms with Gasteiger partial charge in [-0.1, -0.05) is 25.0 Å². The topological polar surface area (TPSA) is 146 Å². The Morgan fingerprint density at radius 1 is 1.10 bits per heavy atom. The minimum Gasteiger partial charge on any atom is -0.492 e. The molecule has 2 unspecified atom stereocenters. The Morgan fingerprint density at radius 3 is 2.38 bits per heavy atom. The fourth-order valence-electron chi connectivity index (χ4n) is 4.31. The molecule has 2 atom stereocenters. The Bertz CT molecular complexity index is 1310. The Kier molecular flexibility index (Phi) is 9.80. The van der Waals surface area contributed by atoms with Gasteiger partial charge >= 0.3 is 6.01 Å². The van der Waals surface area contributed by atoms with Crippen molar-refractivity contribution in [3.8, 4) is 23.1 Å². The first-order chi connectivity index (χ1) is 18.7. The van der Waals surface area contributed by atoms with Gasteiger partial charge in [0.05, 0.1) is 25.8 Å². The van der Waals surface area contributed by atoms with Gasteiger partial charge in [-0.3, -0.25) is 14.9 Å². The second kappa shape index (κ2) is 13.0. The van der Waals surface area contributed by atoms with Crippen molar-refractivity contribution in [3.63, 3.8) is 0 Å². The zero-order chi connectivity index (χ0) is 28.7. The molecule has 3 aromatic rings. The van der Waals surface area contributed by atoms with Crippen molar-refractivity contribution >= 4 is 23.5 Å². The van der Waals surface area contributed by atoms with E-state index in [0.29, 0.717) is 35.4 Å². The number of imide groups is 1. The second-order valence-electron chi connectivity index (χ2n) is 8.81. The number of piperidine rings is 1. The number of carbonyl (C=O) groups excluding carboxylic acids is 2. The molecule has 0 saturated carbocycles. The van der Waals surface area contributed by atoms with Crippen molar-refractivity contribution in [1.29, 1.82) is 0 Å². The number of carbonyl (C=O) groups is 2. The number of nitrogens with two attached hydrogens (primary N) is 1. The number of halogens is 1. The van der Waals surface area contributed by atoms with Crippen LogP contribution >= 0.6 is 0 Å². The molecular formula is C27H35FN6O5. The highest BCUT2D eigenvalue weighted by Crippen LogP contribution is 2.40. The lowest BCUT2D eigenvalue weighted by atomic mass is 9.89. The maximum Gasteiger partial charge on any atom is 0.313 e. The minimum absolute atomic E-state index is 0.0210. The average Bonchev–Trinajstić information content (AvgIpc) is 3.36. The quantitative estimate of drug-likeness (QED) is 0.454. The van der Waals surface area contributed by atoms with Crippen molar-refractivity contribution in [2.24, 2.45) is 0 Å². The number of rotatable bonds is 5. The number of pyridine rings is 1. The minimum atomic E-state index is -0.644. The number of ether oxygens (including phenoxy) is 2. The third kappa shape index (κ3) is 6.44. The van der Waals surface area contributed by atoms with Crippen LogP contribution in [0.3, 0.4) is 0 Å². The second-order valence-corrected chi connectivity index (χ2v) is 8.81. The SMILES string of the molecule is CC.COc1c(N2CCC2C)ccc(C2CCC(=O)NC2=O)c1F.COc1nc(C)ccc1-c1nnc(N)o1. The van der Waals surface area contributed by atoms with Crippen LogP contribution in [-0.4, -0.2) is 53.8 Å². The van der Waals surface area contributed by atoms with Crippen LogP contribution in [0, 0.1) is 12.7 Å². The van der Waals surface area contributed by atoms with Gasteiger partial charge in [-0.2, -0.15) is 0 Å². The van der Waals surface area contributed by atoms with E-state index in [9.17, 15) is 14.0 Å². The smallest absolute Gasteiger partial charge is 0.313 e. The maximum absolute atomic E-state index is 14.8. The van der Waals surface area contributed by atoms with Gasteiger partial charge in [-0.15, -0.1) is 5.10 Å². The number of hydrogen-bond acceptors (Lipinski definition) is 10. The van der Waals surface area contributed by atoms with Crippen LogP contribution < -0.4 is 25.4 Å². The van der Waals surface area contributed by atoms with E-state index in [1.807, 2.05) is 26.8 Å². The summed E-state index contributed by atoms with van der Waals surface area (Å²) in [4.78, 5) is 29.4. The molecule has 4 heterocycles. The molecule has 2 aromatic heterocycles. The van der Waals surface area contributed by atoms with Crippen molar-refractivity contribution in [2.45, 2.75) is 58.9 Å². The predicted molar refractivity (Wildman–Crippen MR) is 144 cm³/mol. The van der Waals surface area contributed by atoms with Gasteiger partial charge in [-0.25, -0.2) is 9.37 Å². The molecule has 2 fully saturated rings. The van der Waals surface area contributed by atoms with Gasteiger partial charge in [0.25, 0.3) is 5.89 Å². The number of nitrogens with one attached hydrogen (secondary N) is 1. The van der Waals surface area contributed by atoms with Crippen LogP contribution in [0.25, 0.3) is 11.5 Å². The van der Waals surface area contributed by atoms with Gasteiger partial charge in [0.2, 0.25) is 17.7 Å². The third-order valence-electron chi connectivity index (χ3n) is 6.42. The van der Waals surface area contributed by atoms with E-state index in [0.717, 1.165) is 24.3 Å². The van der Waals surface area contributed by atoms with E-state index in [1.54, 1.807) is 18.2 Å². The number of amides is 2. The van der Waals surface area contributed by atoms with E-state index in [-0.39, 0.29) is 24.1 Å². The number of aryl methyl sites for hydroxylation is 1. The normalized spacial score (nSPS) is 18.1. The van der Waals surface area contributed by atoms with Crippen LogP contribution in [0.1, 0.15) is 57.2 Å². The summed E-state index contributed by atoms with van der Waals surface area (Å²) in [6.07, 6.45) is 1.62.